The molecule has 10 heteroatoms. The van der Waals surface area contributed by atoms with Crippen molar-refractivity contribution >= 4 is 45.0 Å². The van der Waals surface area contributed by atoms with Crippen molar-refractivity contribution < 1.29 is 23.7 Å². The summed E-state index contributed by atoms with van der Waals surface area (Å²) < 4.78 is 25.0. The molecule has 1 atom stereocenters. The van der Waals surface area contributed by atoms with E-state index < -0.39 is 12.0 Å². The Hall–Kier alpha value is -4.59. The third-order valence-corrected chi connectivity index (χ3v) is 8.14. The average Bonchev–Trinajstić information content (AvgIpc) is 3.34. The van der Waals surface area contributed by atoms with Gasteiger partial charge in [-0.1, -0.05) is 69.6 Å². The van der Waals surface area contributed by atoms with Gasteiger partial charge in [0, 0.05) is 15.6 Å². The second-order valence-corrected chi connectivity index (χ2v) is 11.1. The second-order valence-electron chi connectivity index (χ2n) is 9.22. The van der Waals surface area contributed by atoms with Gasteiger partial charge in [0.2, 0.25) is 0 Å². The molecule has 0 bridgehead atoms. The fourth-order valence-electron chi connectivity index (χ4n) is 4.80. The van der Waals surface area contributed by atoms with Gasteiger partial charge in [0.25, 0.3) is 5.56 Å². The van der Waals surface area contributed by atoms with E-state index in [1.807, 2.05) is 42.5 Å². The molecule has 0 aliphatic carbocycles. The van der Waals surface area contributed by atoms with Crippen molar-refractivity contribution in [2.45, 2.75) is 13.0 Å². The van der Waals surface area contributed by atoms with Gasteiger partial charge in [0.05, 0.1) is 42.7 Å². The zero-order valence-corrected chi connectivity index (χ0v) is 26.0. The largest absolute Gasteiger partial charge is 0.493 e. The molecule has 218 valence electrons. The van der Waals surface area contributed by atoms with Crippen LogP contribution in [0.4, 0.5) is 0 Å². The van der Waals surface area contributed by atoms with Crippen LogP contribution in [0.3, 0.4) is 0 Å². The van der Waals surface area contributed by atoms with Crippen LogP contribution in [0.15, 0.2) is 86.6 Å². The number of thiazole rings is 1. The first kappa shape index (κ1) is 29.9. The van der Waals surface area contributed by atoms with Crippen molar-refractivity contribution in [3.05, 3.63) is 113 Å². The van der Waals surface area contributed by atoms with Gasteiger partial charge in [0.15, 0.2) is 16.3 Å². The van der Waals surface area contributed by atoms with Crippen LogP contribution in [0.5, 0.6) is 17.2 Å². The highest BCUT2D eigenvalue weighted by molar-refractivity contribution is 9.10. The summed E-state index contributed by atoms with van der Waals surface area (Å²) in [6, 6.07) is 19.2. The van der Waals surface area contributed by atoms with Gasteiger partial charge in [0.1, 0.15) is 12.4 Å². The lowest BCUT2D eigenvalue weighted by molar-refractivity contribution is -0.138. The lowest BCUT2D eigenvalue weighted by atomic mass is 9.93. The highest BCUT2D eigenvalue weighted by Crippen LogP contribution is 2.38. The molecule has 5 rings (SSSR count). The normalized spacial score (nSPS) is 14.4. The number of benzene rings is 3. The first-order chi connectivity index (χ1) is 20.9. The molecule has 0 saturated heterocycles. The van der Waals surface area contributed by atoms with Crippen LogP contribution < -0.4 is 29.1 Å². The maximum absolute atomic E-state index is 14.2. The monoisotopic (exact) mass is 658 g/mol. The summed E-state index contributed by atoms with van der Waals surface area (Å²) >= 11 is 4.71. The van der Waals surface area contributed by atoms with E-state index in [1.54, 1.807) is 44.4 Å². The molecule has 0 fully saturated rings. The number of esters is 1. The molecule has 0 N–H and O–H groups in total. The maximum Gasteiger partial charge on any atom is 0.338 e. The molecule has 2 heterocycles. The molecule has 1 aliphatic heterocycles. The topological polar surface area (TPSA) is 88.3 Å². The van der Waals surface area contributed by atoms with E-state index in [9.17, 15) is 9.59 Å². The van der Waals surface area contributed by atoms with Crippen LogP contribution in [-0.2, 0) is 9.53 Å². The Labute approximate surface area is 260 Å². The quantitative estimate of drug-likeness (QED) is 0.191. The van der Waals surface area contributed by atoms with Gasteiger partial charge in [-0.3, -0.25) is 9.36 Å². The molecule has 0 spiro atoms. The predicted octanol–water partition coefficient (Wildman–Crippen LogP) is 4.73. The molecule has 1 aromatic heterocycles. The molecule has 3 aromatic carbocycles. The predicted molar refractivity (Wildman–Crippen MR) is 169 cm³/mol. The Bertz CT molecular complexity index is 1940. The number of fused-ring (bicyclic) bond motifs is 1. The highest BCUT2D eigenvalue weighted by atomic mass is 79.9. The lowest BCUT2D eigenvalue weighted by Crippen LogP contribution is -2.40. The summed E-state index contributed by atoms with van der Waals surface area (Å²) in [5, 5.41) is 0. The number of methoxy groups -OCH3 is 2. The molecule has 0 radical (unpaired) electrons. The highest BCUT2D eigenvalue weighted by Gasteiger charge is 2.35. The van der Waals surface area contributed by atoms with Crippen molar-refractivity contribution in [1.82, 2.24) is 4.57 Å². The van der Waals surface area contributed by atoms with Crippen LogP contribution in [0, 0.1) is 12.3 Å². The number of aromatic nitrogens is 1. The van der Waals surface area contributed by atoms with E-state index >= 15 is 0 Å². The number of hydrogen-bond donors (Lipinski definition) is 0. The van der Waals surface area contributed by atoms with Crippen molar-refractivity contribution in [3.63, 3.8) is 0 Å². The average molecular weight is 660 g/mol. The van der Waals surface area contributed by atoms with Gasteiger partial charge in [-0.25, -0.2) is 9.79 Å². The van der Waals surface area contributed by atoms with Crippen LogP contribution in [0.2, 0.25) is 0 Å². The summed E-state index contributed by atoms with van der Waals surface area (Å²) in [6.07, 6.45) is 7.15. The smallest absolute Gasteiger partial charge is 0.338 e. The molecule has 0 saturated carbocycles. The summed E-state index contributed by atoms with van der Waals surface area (Å²) in [4.78, 5) is 33.2. The summed E-state index contributed by atoms with van der Waals surface area (Å²) in [5.41, 5.74) is 2.32. The van der Waals surface area contributed by atoms with Crippen molar-refractivity contribution in [3.8, 4) is 29.6 Å². The number of carbonyl (C=O) groups excluding carboxylic acids is 1. The Morgan fingerprint density at radius 1 is 1.07 bits per heavy atom. The van der Waals surface area contributed by atoms with E-state index in [0.717, 1.165) is 4.47 Å². The minimum Gasteiger partial charge on any atom is -0.493 e. The van der Waals surface area contributed by atoms with Crippen molar-refractivity contribution in [2.24, 2.45) is 4.99 Å². The first-order valence-electron chi connectivity index (χ1n) is 13.3. The fraction of sp³-hybridized carbons (Fsp3) is 0.182. The van der Waals surface area contributed by atoms with Gasteiger partial charge in [-0.15, -0.1) is 6.42 Å². The molecule has 43 heavy (non-hydrogen) atoms. The standard InChI is InChI=1S/C33H27BrN2O6S/c1-5-16-42-24-15-13-23(34)17-22(24)19-27-31(37)36-30(21-12-14-25(39-3)26(18-21)40-4)28(32(38)41-6-2)29(35-33(36)43-27)20-10-8-7-9-11-20/h1,7-15,17-19,30H,6,16H2,2-4H3/b27-19-/t30-/m1/s1. The van der Waals surface area contributed by atoms with Crippen LogP contribution in [0.1, 0.15) is 29.7 Å². The van der Waals surface area contributed by atoms with E-state index in [4.69, 9.17) is 30.4 Å². The number of halogens is 1. The van der Waals surface area contributed by atoms with Crippen LogP contribution >= 0.6 is 27.3 Å². The zero-order valence-electron chi connectivity index (χ0n) is 23.6. The van der Waals surface area contributed by atoms with Crippen LogP contribution in [-0.4, -0.2) is 38.0 Å². The molecule has 1 aliphatic rings. The second kappa shape index (κ2) is 13.2. The van der Waals surface area contributed by atoms with E-state index in [2.05, 4.69) is 21.9 Å². The lowest BCUT2D eigenvalue weighted by Gasteiger charge is -2.26. The Kier molecular flexibility index (Phi) is 9.14. The number of carbonyl (C=O) groups is 1. The van der Waals surface area contributed by atoms with Gasteiger partial charge < -0.3 is 18.9 Å². The van der Waals surface area contributed by atoms with Crippen molar-refractivity contribution in [2.75, 3.05) is 27.4 Å². The number of terminal acetylenes is 1. The molecule has 8 nitrogen and oxygen atoms in total. The number of rotatable bonds is 9. The molecule has 0 amide bonds. The number of hydrogen-bond acceptors (Lipinski definition) is 8. The number of ether oxygens (including phenoxy) is 4. The third-order valence-electron chi connectivity index (χ3n) is 6.67. The summed E-state index contributed by atoms with van der Waals surface area (Å²) in [7, 11) is 3.07. The van der Waals surface area contributed by atoms with E-state index in [-0.39, 0.29) is 24.3 Å². The summed E-state index contributed by atoms with van der Waals surface area (Å²) in [5.74, 6) is 3.39. The Balaban J connectivity index is 1.83. The fourth-order valence-corrected chi connectivity index (χ4v) is 6.17. The maximum atomic E-state index is 14.2. The number of nitrogens with zero attached hydrogens (tertiary/aromatic N) is 2. The molecule has 0 unspecified atom stereocenters. The zero-order chi connectivity index (χ0) is 30.5. The molecular formula is C33H27BrN2O6S. The molecule has 4 aromatic rings. The minimum atomic E-state index is -0.868. The minimum absolute atomic E-state index is 0.0758. The van der Waals surface area contributed by atoms with Gasteiger partial charge in [-0.2, -0.15) is 0 Å². The van der Waals surface area contributed by atoms with E-state index in [0.29, 0.717) is 49.0 Å². The summed E-state index contributed by atoms with van der Waals surface area (Å²) in [6.45, 7) is 1.96. The SMILES string of the molecule is C#CCOc1ccc(Br)cc1/C=c1\sc2n(c1=O)[C@H](c1ccc(OC)c(OC)c1)C(C(=O)OCC)=C(c1ccccc1)N=2. The van der Waals surface area contributed by atoms with Gasteiger partial charge >= 0.3 is 5.97 Å². The van der Waals surface area contributed by atoms with Crippen LogP contribution in [0.25, 0.3) is 11.8 Å². The van der Waals surface area contributed by atoms with E-state index in [1.165, 1.54) is 23.0 Å². The Morgan fingerprint density at radius 2 is 1.81 bits per heavy atom. The first-order valence-corrected chi connectivity index (χ1v) is 14.9. The van der Waals surface area contributed by atoms with Gasteiger partial charge in [-0.05, 0) is 48.9 Å². The Morgan fingerprint density at radius 3 is 2.51 bits per heavy atom. The van der Waals surface area contributed by atoms with Crippen molar-refractivity contribution in [1.29, 1.82) is 0 Å². The molecular weight excluding hydrogens is 632 g/mol. The third kappa shape index (κ3) is 6.00.